The third-order valence-electron chi connectivity index (χ3n) is 3.05. The first kappa shape index (κ1) is 19.6. The molecule has 0 atom stereocenters. The van der Waals surface area contributed by atoms with E-state index in [1.54, 1.807) is 49.6 Å². The van der Waals surface area contributed by atoms with Crippen LogP contribution in [0.25, 0.3) is 0 Å². The van der Waals surface area contributed by atoms with Crippen LogP contribution in [0.1, 0.15) is 20.7 Å². The minimum Gasteiger partial charge on any atom is -0.496 e. The average molecular weight is 534 g/mol. The lowest BCUT2D eigenvalue weighted by Crippen LogP contribution is -2.48. The van der Waals surface area contributed by atoms with Crippen molar-refractivity contribution in [2.45, 2.75) is 0 Å². The summed E-state index contributed by atoms with van der Waals surface area (Å²) in [5.41, 5.74) is 5.79. The Labute approximate surface area is 171 Å². The maximum Gasteiger partial charge on any atom is 0.270 e. The first-order valence-corrected chi connectivity index (χ1v) is 9.20. The molecule has 0 aliphatic carbocycles. The molecule has 0 bridgehead atoms. The van der Waals surface area contributed by atoms with Crippen LogP contribution in [0.5, 0.6) is 5.75 Å². The second-order valence-corrected chi connectivity index (χ2v) is 7.12. The number of halogens is 2. The zero-order valence-electron chi connectivity index (χ0n) is 12.9. The van der Waals surface area contributed by atoms with Crippen molar-refractivity contribution in [3.63, 3.8) is 0 Å². The van der Waals surface area contributed by atoms with E-state index in [2.05, 4.69) is 54.7 Å². The SMILES string of the molecule is COc1ccc(C(=O)NC(=S)NNC(=O)c2ccccc2Br)cc1I. The number of thiocarbonyl (C=S) groups is 1. The molecule has 9 heteroatoms. The molecule has 2 aromatic rings. The zero-order valence-corrected chi connectivity index (χ0v) is 17.5. The smallest absolute Gasteiger partial charge is 0.270 e. The van der Waals surface area contributed by atoms with Crippen molar-refractivity contribution in [1.82, 2.24) is 16.2 Å². The van der Waals surface area contributed by atoms with Gasteiger partial charge in [0, 0.05) is 10.0 Å². The second kappa shape index (κ2) is 9.11. The molecule has 0 aliphatic rings. The quantitative estimate of drug-likeness (QED) is 0.321. The van der Waals surface area contributed by atoms with Crippen molar-refractivity contribution >= 4 is 67.7 Å². The van der Waals surface area contributed by atoms with Crippen molar-refractivity contribution in [2.24, 2.45) is 0 Å². The largest absolute Gasteiger partial charge is 0.496 e. The molecule has 0 fully saturated rings. The Morgan fingerprint density at radius 1 is 1.12 bits per heavy atom. The van der Waals surface area contributed by atoms with Crippen molar-refractivity contribution in [2.75, 3.05) is 7.11 Å². The molecule has 0 spiro atoms. The van der Waals surface area contributed by atoms with Crippen LogP contribution < -0.4 is 20.9 Å². The normalized spacial score (nSPS) is 9.88. The van der Waals surface area contributed by atoms with Gasteiger partial charge in [-0.15, -0.1) is 0 Å². The van der Waals surface area contributed by atoms with E-state index in [1.807, 2.05) is 0 Å². The van der Waals surface area contributed by atoms with Crippen molar-refractivity contribution in [3.05, 3.63) is 61.6 Å². The fourth-order valence-corrected chi connectivity index (χ4v) is 3.18. The lowest BCUT2D eigenvalue weighted by atomic mass is 10.2. The van der Waals surface area contributed by atoms with E-state index >= 15 is 0 Å². The summed E-state index contributed by atoms with van der Waals surface area (Å²) in [6.45, 7) is 0. The van der Waals surface area contributed by atoms with Gasteiger partial charge < -0.3 is 4.74 Å². The Hall–Kier alpha value is -1.72. The maximum absolute atomic E-state index is 12.2. The number of hydrogen-bond acceptors (Lipinski definition) is 4. The Morgan fingerprint density at radius 3 is 2.48 bits per heavy atom. The van der Waals surface area contributed by atoms with Gasteiger partial charge in [-0.2, -0.15) is 0 Å². The van der Waals surface area contributed by atoms with Crippen LogP contribution in [0.2, 0.25) is 0 Å². The highest BCUT2D eigenvalue weighted by atomic mass is 127. The summed E-state index contributed by atoms with van der Waals surface area (Å²) < 4.78 is 6.60. The minimum atomic E-state index is -0.395. The van der Waals surface area contributed by atoms with E-state index in [-0.39, 0.29) is 11.0 Å². The van der Waals surface area contributed by atoms with Gasteiger partial charge in [0.25, 0.3) is 11.8 Å². The Bertz CT molecular complexity index is 832. The first-order chi connectivity index (χ1) is 11.9. The number of ether oxygens (including phenoxy) is 1. The van der Waals surface area contributed by atoms with E-state index in [0.29, 0.717) is 21.3 Å². The summed E-state index contributed by atoms with van der Waals surface area (Å²) in [6, 6.07) is 11.9. The van der Waals surface area contributed by atoms with Crippen molar-refractivity contribution < 1.29 is 14.3 Å². The van der Waals surface area contributed by atoms with E-state index in [9.17, 15) is 9.59 Å². The molecule has 130 valence electrons. The number of hydrogen-bond donors (Lipinski definition) is 3. The molecule has 25 heavy (non-hydrogen) atoms. The van der Waals surface area contributed by atoms with Crippen LogP contribution >= 0.6 is 50.7 Å². The number of methoxy groups -OCH3 is 1. The van der Waals surface area contributed by atoms with Crippen LogP contribution in [-0.4, -0.2) is 24.0 Å². The number of benzene rings is 2. The van der Waals surface area contributed by atoms with Gasteiger partial charge >= 0.3 is 0 Å². The molecule has 6 nitrogen and oxygen atoms in total. The van der Waals surface area contributed by atoms with Gasteiger partial charge in [-0.1, -0.05) is 12.1 Å². The highest BCUT2D eigenvalue weighted by molar-refractivity contribution is 14.1. The van der Waals surface area contributed by atoms with Gasteiger partial charge in [-0.25, -0.2) is 0 Å². The summed E-state index contributed by atoms with van der Waals surface area (Å²) in [5, 5.41) is 2.48. The average Bonchev–Trinajstić information content (AvgIpc) is 2.60. The molecule has 2 rings (SSSR count). The minimum absolute atomic E-state index is 0.0174. The summed E-state index contributed by atoms with van der Waals surface area (Å²) in [4.78, 5) is 24.2. The monoisotopic (exact) mass is 533 g/mol. The zero-order chi connectivity index (χ0) is 18.4. The third kappa shape index (κ3) is 5.38. The predicted molar refractivity (Wildman–Crippen MR) is 111 cm³/mol. The molecular weight excluding hydrogens is 521 g/mol. The summed E-state index contributed by atoms with van der Waals surface area (Å²) in [5.74, 6) is -0.102. The topological polar surface area (TPSA) is 79.5 Å². The Balaban J connectivity index is 1.92. The highest BCUT2D eigenvalue weighted by Crippen LogP contribution is 2.21. The molecule has 3 N–H and O–H groups in total. The van der Waals surface area contributed by atoms with Gasteiger partial charge in [0.1, 0.15) is 5.75 Å². The molecule has 0 aromatic heterocycles. The summed E-state index contributed by atoms with van der Waals surface area (Å²) >= 11 is 10.4. The number of carbonyl (C=O) groups is 2. The van der Waals surface area contributed by atoms with Crippen LogP contribution in [0.4, 0.5) is 0 Å². The summed E-state index contributed by atoms with van der Waals surface area (Å²) in [6.07, 6.45) is 0. The molecule has 2 aromatic carbocycles. The summed E-state index contributed by atoms with van der Waals surface area (Å²) in [7, 11) is 1.56. The van der Waals surface area contributed by atoms with Crippen LogP contribution in [0, 0.1) is 3.57 Å². The molecule has 2 amide bonds. The van der Waals surface area contributed by atoms with E-state index < -0.39 is 5.91 Å². The maximum atomic E-state index is 12.2. The van der Waals surface area contributed by atoms with Crippen LogP contribution in [0.3, 0.4) is 0 Å². The third-order valence-corrected chi connectivity index (χ3v) is 4.79. The lowest BCUT2D eigenvalue weighted by Gasteiger charge is -2.12. The molecule has 0 saturated heterocycles. The molecule has 0 unspecified atom stereocenters. The van der Waals surface area contributed by atoms with Crippen molar-refractivity contribution in [3.8, 4) is 5.75 Å². The van der Waals surface area contributed by atoms with E-state index in [0.717, 1.165) is 3.57 Å². The molecular formula is C16H13BrIN3O3S. The number of nitrogens with one attached hydrogen (secondary N) is 3. The van der Waals surface area contributed by atoms with Gasteiger partial charge in [0.2, 0.25) is 0 Å². The number of hydrazine groups is 1. The van der Waals surface area contributed by atoms with E-state index in [1.165, 1.54) is 0 Å². The second-order valence-electron chi connectivity index (χ2n) is 4.69. The van der Waals surface area contributed by atoms with Gasteiger partial charge in [-0.3, -0.25) is 25.8 Å². The molecule has 0 heterocycles. The van der Waals surface area contributed by atoms with Crippen LogP contribution in [0.15, 0.2) is 46.9 Å². The molecule has 0 radical (unpaired) electrons. The molecule has 0 saturated carbocycles. The lowest BCUT2D eigenvalue weighted by molar-refractivity contribution is 0.0934. The van der Waals surface area contributed by atoms with Gasteiger partial charge in [0.15, 0.2) is 5.11 Å². The standard InChI is InChI=1S/C16H13BrIN3O3S/c1-24-13-7-6-9(8-12(13)18)14(22)19-16(25)21-20-15(23)10-4-2-3-5-11(10)17/h2-8H,1H3,(H,20,23)(H2,19,21,22,25). The number of rotatable bonds is 3. The predicted octanol–water partition coefficient (Wildman–Crippen LogP) is 3.01. The number of amides is 2. The fourth-order valence-electron chi connectivity index (χ4n) is 1.84. The van der Waals surface area contributed by atoms with Crippen LogP contribution in [-0.2, 0) is 0 Å². The van der Waals surface area contributed by atoms with E-state index in [4.69, 9.17) is 17.0 Å². The van der Waals surface area contributed by atoms with Crippen molar-refractivity contribution in [1.29, 1.82) is 0 Å². The molecule has 0 aliphatic heterocycles. The fraction of sp³-hybridized carbons (Fsp3) is 0.0625. The number of carbonyl (C=O) groups excluding carboxylic acids is 2. The highest BCUT2D eigenvalue weighted by Gasteiger charge is 2.12. The Morgan fingerprint density at radius 2 is 1.84 bits per heavy atom. The Kier molecular flexibility index (Phi) is 7.14. The van der Waals surface area contributed by atoms with Gasteiger partial charge in [0.05, 0.1) is 16.2 Å². The van der Waals surface area contributed by atoms with Gasteiger partial charge in [-0.05, 0) is 81.1 Å². The first-order valence-electron chi connectivity index (χ1n) is 6.92.